The molecule has 1 aromatic carbocycles. The first-order chi connectivity index (χ1) is 10.3. The fourth-order valence-corrected chi connectivity index (χ4v) is 2.93. The molecule has 21 heavy (non-hydrogen) atoms. The summed E-state index contributed by atoms with van der Waals surface area (Å²) >= 11 is 0. The van der Waals surface area contributed by atoms with Crippen LogP contribution in [0.5, 0.6) is 0 Å². The lowest BCUT2D eigenvalue weighted by molar-refractivity contribution is -0.121. The number of nitrogens with one attached hydrogen (secondary N) is 2. The van der Waals surface area contributed by atoms with Gasteiger partial charge in [0, 0.05) is 30.6 Å². The number of nitrogens with zero attached hydrogens (tertiary/aromatic N) is 1. The number of hydrogen-bond acceptors (Lipinski definition) is 3. The third kappa shape index (κ3) is 3.58. The molecule has 110 valence electrons. The zero-order chi connectivity index (χ0) is 14.5. The molecule has 2 heterocycles. The van der Waals surface area contributed by atoms with Crippen LogP contribution in [0.25, 0.3) is 10.9 Å². The van der Waals surface area contributed by atoms with Crippen LogP contribution in [0.2, 0.25) is 0 Å². The molecule has 4 nitrogen and oxygen atoms in total. The number of rotatable bonds is 4. The van der Waals surface area contributed by atoms with Crippen LogP contribution in [0.15, 0.2) is 36.5 Å². The molecule has 1 aromatic heterocycles. The molecule has 0 aliphatic carbocycles. The minimum atomic E-state index is 0.164. The van der Waals surface area contributed by atoms with Crippen molar-refractivity contribution in [2.45, 2.75) is 31.7 Å². The van der Waals surface area contributed by atoms with Crippen molar-refractivity contribution in [3.05, 3.63) is 42.1 Å². The van der Waals surface area contributed by atoms with Gasteiger partial charge >= 0.3 is 0 Å². The van der Waals surface area contributed by atoms with E-state index >= 15 is 0 Å². The van der Waals surface area contributed by atoms with Crippen molar-refractivity contribution >= 4 is 16.8 Å². The van der Waals surface area contributed by atoms with Gasteiger partial charge in [0.25, 0.3) is 0 Å². The molecule has 1 unspecified atom stereocenters. The van der Waals surface area contributed by atoms with Gasteiger partial charge in [-0.05, 0) is 37.4 Å². The van der Waals surface area contributed by atoms with E-state index in [0.29, 0.717) is 12.5 Å². The van der Waals surface area contributed by atoms with Gasteiger partial charge in [-0.3, -0.25) is 9.78 Å². The van der Waals surface area contributed by atoms with Crippen LogP contribution >= 0.6 is 0 Å². The highest BCUT2D eigenvalue weighted by Crippen LogP contribution is 2.16. The summed E-state index contributed by atoms with van der Waals surface area (Å²) in [5.41, 5.74) is 2.35. The van der Waals surface area contributed by atoms with Gasteiger partial charge in [-0.2, -0.15) is 0 Å². The number of pyridine rings is 1. The second-order valence-electron chi connectivity index (χ2n) is 5.59. The summed E-state index contributed by atoms with van der Waals surface area (Å²) in [7, 11) is 0. The van der Waals surface area contributed by atoms with Gasteiger partial charge in [0.15, 0.2) is 0 Å². The normalized spacial score (nSPS) is 19.2. The van der Waals surface area contributed by atoms with Gasteiger partial charge in [0.2, 0.25) is 5.91 Å². The first-order valence-electron chi connectivity index (χ1n) is 7.65. The molecule has 1 aliphatic rings. The highest BCUT2D eigenvalue weighted by atomic mass is 16.1. The number of hydrogen-bond donors (Lipinski definition) is 2. The molecule has 4 heteroatoms. The highest BCUT2D eigenvalue weighted by molar-refractivity contribution is 5.81. The Kier molecular flexibility index (Phi) is 4.46. The first-order valence-corrected chi connectivity index (χ1v) is 7.65. The maximum absolute atomic E-state index is 11.5. The van der Waals surface area contributed by atoms with E-state index in [1.54, 1.807) is 0 Å². The number of aromatic nitrogens is 1. The molecule has 2 N–H and O–H groups in total. The quantitative estimate of drug-likeness (QED) is 0.903. The fourth-order valence-electron chi connectivity index (χ4n) is 2.93. The Labute approximate surface area is 125 Å². The van der Waals surface area contributed by atoms with Crippen LogP contribution in [-0.2, 0) is 11.2 Å². The van der Waals surface area contributed by atoms with Gasteiger partial charge < -0.3 is 10.6 Å². The third-order valence-electron chi connectivity index (χ3n) is 4.03. The topological polar surface area (TPSA) is 54.0 Å². The van der Waals surface area contributed by atoms with E-state index in [0.717, 1.165) is 37.9 Å². The Balaban J connectivity index is 1.60. The van der Waals surface area contributed by atoms with Crippen LogP contribution in [0.1, 0.15) is 24.8 Å². The Hall–Kier alpha value is -1.94. The number of benzene rings is 1. The summed E-state index contributed by atoms with van der Waals surface area (Å²) < 4.78 is 0. The zero-order valence-electron chi connectivity index (χ0n) is 12.1. The van der Waals surface area contributed by atoms with Gasteiger partial charge in [-0.15, -0.1) is 0 Å². The Morgan fingerprint density at radius 2 is 2.19 bits per heavy atom. The lowest BCUT2D eigenvalue weighted by Crippen LogP contribution is -2.33. The fraction of sp³-hybridized carbons (Fsp3) is 0.412. The molecule has 0 radical (unpaired) electrons. The average molecular weight is 283 g/mol. The molecule has 0 bridgehead atoms. The summed E-state index contributed by atoms with van der Waals surface area (Å²) in [5.74, 6) is 0.164. The maximum Gasteiger partial charge on any atom is 0.221 e. The zero-order valence-corrected chi connectivity index (χ0v) is 12.1. The van der Waals surface area contributed by atoms with Gasteiger partial charge in [0.05, 0.1) is 5.52 Å². The molecule has 1 saturated heterocycles. The van der Waals surface area contributed by atoms with E-state index in [1.807, 2.05) is 12.3 Å². The summed E-state index contributed by atoms with van der Waals surface area (Å²) in [6.07, 6.45) is 5.49. The van der Waals surface area contributed by atoms with E-state index in [-0.39, 0.29) is 5.91 Å². The van der Waals surface area contributed by atoms with Crippen LogP contribution in [0.3, 0.4) is 0 Å². The molecule has 0 saturated carbocycles. The van der Waals surface area contributed by atoms with Crippen LogP contribution in [-0.4, -0.2) is 30.0 Å². The van der Waals surface area contributed by atoms with Crippen molar-refractivity contribution in [2.24, 2.45) is 0 Å². The Bertz CT molecular complexity index is 621. The molecule has 0 spiro atoms. The average Bonchev–Trinajstić information content (AvgIpc) is 2.72. The molecular formula is C17H21N3O. The molecular weight excluding hydrogens is 262 g/mol. The van der Waals surface area contributed by atoms with Crippen molar-refractivity contribution in [3.63, 3.8) is 0 Å². The van der Waals surface area contributed by atoms with Gasteiger partial charge in [-0.25, -0.2) is 0 Å². The standard InChI is InChI=1S/C17H21N3O/c21-16-12-15(7-3-9-19-16)18-11-8-14-5-1-4-13-6-2-10-20-17(13)14/h1-2,4-6,10,15,18H,3,7-9,11-12H2,(H,19,21). The predicted octanol–water partition coefficient (Wildman–Crippen LogP) is 2.04. The van der Waals surface area contributed by atoms with Crippen molar-refractivity contribution < 1.29 is 4.79 Å². The number of amides is 1. The van der Waals surface area contributed by atoms with Crippen LogP contribution in [0, 0.1) is 0 Å². The van der Waals surface area contributed by atoms with E-state index in [4.69, 9.17) is 0 Å². The smallest absolute Gasteiger partial charge is 0.221 e. The summed E-state index contributed by atoms with van der Waals surface area (Å²) in [6, 6.07) is 10.7. The minimum Gasteiger partial charge on any atom is -0.356 e. The van der Waals surface area contributed by atoms with E-state index in [2.05, 4.69) is 39.9 Å². The molecule has 1 atom stereocenters. The van der Waals surface area contributed by atoms with E-state index in [9.17, 15) is 4.79 Å². The first kappa shape index (κ1) is 14.0. The molecule has 2 aromatic rings. The van der Waals surface area contributed by atoms with Crippen molar-refractivity contribution in [2.75, 3.05) is 13.1 Å². The molecule has 1 amide bonds. The monoisotopic (exact) mass is 283 g/mol. The SMILES string of the molecule is O=C1CC(NCCc2cccc3cccnc23)CCCN1. The van der Waals surface area contributed by atoms with Gasteiger partial charge in [-0.1, -0.05) is 24.3 Å². The summed E-state index contributed by atoms with van der Waals surface area (Å²) in [6.45, 7) is 1.69. The highest BCUT2D eigenvalue weighted by Gasteiger charge is 2.16. The Morgan fingerprint density at radius 1 is 1.29 bits per heavy atom. The lowest BCUT2D eigenvalue weighted by Gasteiger charge is -2.15. The second kappa shape index (κ2) is 6.68. The van der Waals surface area contributed by atoms with Crippen LogP contribution < -0.4 is 10.6 Å². The molecule has 3 rings (SSSR count). The number of carbonyl (C=O) groups is 1. The van der Waals surface area contributed by atoms with Crippen molar-refractivity contribution in [1.29, 1.82) is 0 Å². The number of para-hydroxylation sites is 1. The number of fused-ring (bicyclic) bond motifs is 1. The summed E-state index contributed by atoms with van der Waals surface area (Å²) in [4.78, 5) is 16.0. The van der Waals surface area contributed by atoms with Gasteiger partial charge in [0.1, 0.15) is 0 Å². The lowest BCUT2D eigenvalue weighted by atomic mass is 10.1. The minimum absolute atomic E-state index is 0.164. The third-order valence-corrected chi connectivity index (χ3v) is 4.03. The molecule has 1 fully saturated rings. The maximum atomic E-state index is 11.5. The van der Waals surface area contributed by atoms with Crippen LogP contribution in [0.4, 0.5) is 0 Å². The van der Waals surface area contributed by atoms with E-state index in [1.165, 1.54) is 10.9 Å². The Morgan fingerprint density at radius 3 is 3.14 bits per heavy atom. The number of carbonyl (C=O) groups excluding carboxylic acids is 1. The second-order valence-corrected chi connectivity index (χ2v) is 5.59. The predicted molar refractivity (Wildman–Crippen MR) is 84.1 cm³/mol. The van der Waals surface area contributed by atoms with Crippen molar-refractivity contribution in [1.82, 2.24) is 15.6 Å². The summed E-state index contributed by atoms with van der Waals surface area (Å²) in [5, 5.41) is 7.62. The largest absolute Gasteiger partial charge is 0.356 e. The van der Waals surface area contributed by atoms with Crippen molar-refractivity contribution in [3.8, 4) is 0 Å². The molecule has 1 aliphatic heterocycles. The van der Waals surface area contributed by atoms with E-state index < -0.39 is 0 Å².